The van der Waals surface area contributed by atoms with Gasteiger partial charge in [-0.05, 0) is 25.0 Å². The SMILES string of the molecule is CCCCc1cc(=O)[nH]c(Nc2ccc(F)cc2F)n1. The van der Waals surface area contributed by atoms with Crippen LogP contribution >= 0.6 is 0 Å². The summed E-state index contributed by atoms with van der Waals surface area (Å²) in [5.41, 5.74) is 0.388. The summed E-state index contributed by atoms with van der Waals surface area (Å²) in [6, 6.07) is 4.57. The average molecular weight is 279 g/mol. The number of hydrogen-bond acceptors (Lipinski definition) is 3. The first-order chi connectivity index (χ1) is 9.58. The zero-order valence-corrected chi connectivity index (χ0v) is 11.0. The zero-order valence-electron chi connectivity index (χ0n) is 11.0. The Bertz CT molecular complexity index is 655. The van der Waals surface area contributed by atoms with E-state index in [0.717, 1.165) is 25.0 Å². The highest BCUT2D eigenvalue weighted by molar-refractivity contribution is 5.53. The number of nitrogens with one attached hydrogen (secondary N) is 2. The topological polar surface area (TPSA) is 57.8 Å². The fourth-order valence-electron chi connectivity index (χ4n) is 1.77. The highest BCUT2D eigenvalue weighted by Gasteiger charge is 2.06. The lowest BCUT2D eigenvalue weighted by molar-refractivity contribution is 0.586. The Kier molecular flexibility index (Phi) is 4.45. The average Bonchev–Trinajstić information content (AvgIpc) is 2.39. The minimum atomic E-state index is -0.744. The molecule has 2 aromatic rings. The van der Waals surface area contributed by atoms with Crippen LogP contribution in [0.3, 0.4) is 0 Å². The summed E-state index contributed by atoms with van der Waals surface area (Å²) >= 11 is 0. The Morgan fingerprint density at radius 3 is 2.80 bits per heavy atom. The van der Waals surface area contributed by atoms with Crippen LogP contribution in [-0.4, -0.2) is 9.97 Å². The maximum atomic E-state index is 13.5. The van der Waals surface area contributed by atoms with Gasteiger partial charge in [0.15, 0.2) is 0 Å². The maximum Gasteiger partial charge on any atom is 0.252 e. The van der Waals surface area contributed by atoms with E-state index >= 15 is 0 Å². The lowest BCUT2D eigenvalue weighted by Crippen LogP contribution is -2.12. The molecule has 0 fully saturated rings. The van der Waals surface area contributed by atoms with Gasteiger partial charge >= 0.3 is 0 Å². The number of unbranched alkanes of at least 4 members (excludes halogenated alkanes) is 1. The minimum absolute atomic E-state index is 0.0576. The molecule has 106 valence electrons. The molecule has 1 aromatic heterocycles. The molecule has 0 aliphatic rings. The van der Waals surface area contributed by atoms with Gasteiger partial charge in [-0.2, -0.15) is 0 Å². The number of nitrogens with zero attached hydrogens (tertiary/aromatic N) is 1. The number of halogens is 2. The van der Waals surface area contributed by atoms with Gasteiger partial charge in [-0.3, -0.25) is 9.78 Å². The lowest BCUT2D eigenvalue weighted by atomic mass is 10.2. The van der Waals surface area contributed by atoms with E-state index in [-0.39, 0.29) is 17.2 Å². The second-order valence-corrected chi connectivity index (χ2v) is 4.44. The highest BCUT2D eigenvalue weighted by atomic mass is 19.1. The molecule has 0 bridgehead atoms. The van der Waals surface area contributed by atoms with Gasteiger partial charge in [-0.15, -0.1) is 0 Å². The van der Waals surface area contributed by atoms with Gasteiger partial charge < -0.3 is 5.32 Å². The number of hydrogen-bond donors (Lipinski definition) is 2. The summed E-state index contributed by atoms with van der Waals surface area (Å²) in [6.07, 6.45) is 2.59. The molecule has 0 saturated heterocycles. The number of anilines is 2. The molecule has 20 heavy (non-hydrogen) atoms. The molecule has 1 aromatic carbocycles. The molecule has 6 heteroatoms. The largest absolute Gasteiger partial charge is 0.323 e. The summed E-state index contributed by atoms with van der Waals surface area (Å²) < 4.78 is 26.3. The van der Waals surface area contributed by atoms with E-state index in [1.54, 1.807) is 0 Å². The normalized spacial score (nSPS) is 10.6. The van der Waals surface area contributed by atoms with Gasteiger partial charge in [0, 0.05) is 17.8 Å². The molecule has 0 aliphatic heterocycles. The number of H-pyrrole nitrogens is 1. The number of aryl methyl sites for hydroxylation is 1. The van der Waals surface area contributed by atoms with Gasteiger partial charge in [0.1, 0.15) is 11.6 Å². The molecule has 4 nitrogen and oxygen atoms in total. The van der Waals surface area contributed by atoms with E-state index in [4.69, 9.17) is 0 Å². The molecule has 0 radical (unpaired) electrons. The quantitative estimate of drug-likeness (QED) is 0.884. The van der Waals surface area contributed by atoms with Crippen molar-refractivity contribution in [2.45, 2.75) is 26.2 Å². The first kappa shape index (κ1) is 14.2. The van der Waals surface area contributed by atoms with Crippen molar-refractivity contribution in [1.29, 1.82) is 0 Å². The summed E-state index contributed by atoms with van der Waals surface area (Å²) in [5, 5.41) is 2.65. The molecule has 1 heterocycles. The van der Waals surface area contributed by atoms with E-state index in [1.807, 2.05) is 6.92 Å². The Morgan fingerprint density at radius 1 is 1.30 bits per heavy atom. The van der Waals surface area contributed by atoms with Crippen molar-refractivity contribution in [2.24, 2.45) is 0 Å². The van der Waals surface area contributed by atoms with Crippen LogP contribution < -0.4 is 10.9 Å². The summed E-state index contributed by atoms with van der Waals surface area (Å²) in [4.78, 5) is 18.2. The third-order valence-electron chi connectivity index (χ3n) is 2.77. The molecule has 2 rings (SSSR count). The number of rotatable bonds is 5. The fraction of sp³-hybridized carbons (Fsp3) is 0.286. The monoisotopic (exact) mass is 279 g/mol. The number of aromatic nitrogens is 2. The van der Waals surface area contributed by atoms with E-state index in [1.165, 1.54) is 12.1 Å². The van der Waals surface area contributed by atoms with Crippen molar-refractivity contribution in [1.82, 2.24) is 9.97 Å². The lowest BCUT2D eigenvalue weighted by Gasteiger charge is -2.08. The Balaban J connectivity index is 2.24. The molecule has 0 amide bonds. The van der Waals surface area contributed by atoms with E-state index < -0.39 is 11.6 Å². The molecule has 0 saturated carbocycles. The third-order valence-corrected chi connectivity index (χ3v) is 2.77. The Labute approximate surface area is 114 Å². The van der Waals surface area contributed by atoms with Gasteiger partial charge in [0.05, 0.1) is 5.69 Å². The molecule has 2 N–H and O–H groups in total. The standard InChI is InChI=1S/C14H15F2N3O/c1-2-3-4-10-8-13(20)19-14(17-10)18-12-6-5-9(15)7-11(12)16/h5-8H,2-4H2,1H3,(H2,17,18,19,20). The number of benzene rings is 1. The Morgan fingerprint density at radius 2 is 2.10 bits per heavy atom. The summed E-state index contributed by atoms with van der Waals surface area (Å²) in [7, 11) is 0. The van der Waals surface area contributed by atoms with Gasteiger partial charge in [-0.1, -0.05) is 13.3 Å². The van der Waals surface area contributed by atoms with Crippen molar-refractivity contribution in [2.75, 3.05) is 5.32 Å². The van der Waals surface area contributed by atoms with Crippen molar-refractivity contribution < 1.29 is 8.78 Å². The molecule has 0 atom stereocenters. The molecule has 0 spiro atoms. The van der Waals surface area contributed by atoms with Crippen LogP contribution in [0.2, 0.25) is 0 Å². The molecule has 0 aliphatic carbocycles. The van der Waals surface area contributed by atoms with E-state index in [0.29, 0.717) is 12.1 Å². The van der Waals surface area contributed by atoms with Crippen LogP contribution in [0.1, 0.15) is 25.5 Å². The smallest absolute Gasteiger partial charge is 0.252 e. The van der Waals surface area contributed by atoms with Gasteiger partial charge in [0.2, 0.25) is 5.95 Å². The number of aromatic amines is 1. The van der Waals surface area contributed by atoms with Crippen LogP contribution in [0.15, 0.2) is 29.1 Å². The van der Waals surface area contributed by atoms with Gasteiger partial charge in [0.25, 0.3) is 5.56 Å². The predicted molar refractivity (Wildman–Crippen MR) is 73.1 cm³/mol. The summed E-state index contributed by atoms with van der Waals surface area (Å²) in [5.74, 6) is -1.26. The van der Waals surface area contributed by atoms with Crippen LogP contribution in [0.25, 0.3) is 0 Å². The van der Waals surface area contributed by atoms with E-state index in [2.05, 4.69) is 15.3 Å². The Hall–Kier alpha value is -2.24. The van der Waals surface area contributed by atoms with Crippen LogP contribution in [0.4, 0.5) is 20.4 Å². The maximum absolute atomic E-state index is 13.5. The second kappa shape index (κ2) is 6.27. The second-order valence-electron chi connectivity index (χ2n) is 4.44. The van der Waals surface area contributed by atoms with Crippen molar-refractivity contribution in [3.05, 3.63) is 51.9 Å². The predicted octanol–water partition coefficient (Wildman–Crippen LogP) is 3.13. The minimum Gasteiger partial charge on any atom is -0.323 e. The first-order valence-corrected chi connectivity index (χ1v) is 6.41. The first-order valence-electron chi connectivity index (χ1n) is 6.41. The molecular formula is C14H15F2N3O. The van der Waals surface area contributed by atoms with Crippen molar-refractivity contribution in [3.8, 4) is 0 Å². The van der Waals surface area contributed by atoms with Crippen LogP contribution in [0, 0.1) is 11.6 Å². The van der Waals surface area contributed by atoms with Crippen molar-refractivity contribution in [3.63, 3.8) is 0 Å². The summed E-state index contributed by atoms with van der Waals surface area (Å²) in [6.45, 7) is 2.04. The van der Waals surface area contributed by atoms with Crippen molar-refractivity contribution >= 4 is 11.6 Å². The zero-order chi connectivity index (χ0) is 14.5. The molecule has 0 unspecified atom stereocenters. The van der Waals surface area contributed by atoms with Crippen LogP contribution in [-0.2, 0) is 6.42 Å². The van der Waals surface area contributed by atoms with Gasteiger partial charge in [-0.25, -0.2) is 13.8 Å². The highest BCUT2D eigenvalue weighted by Crippen LogP contribution is 2.18. The fourth-order valence-corrected chi connectivity index (χ4v) is 1.77. The van der Waals surface area contributed by atoms with E-state index in [9.17, 15) is 13.6 Å². The molecular weight excluding hydrogens is 264 g/mol. The van der Waals surface area contributed by atoms with Crippen LogP contribution in [0.5, 0.6) is 0 Å². The third kappa shape index (κ3) is 3.63.